The highest BCUT2D eigenvalue weighted by atomic mass is 16.5. The molecular weight excluding hydrogens is 352 g/mol. The lowest BCUT2D eigenvalue weighted by Crippen LogP contribution is -2.31. The van der Waals surface area contributed by atoms with Crippen molar-refractivity contribution in [2.75, 3.05) is 25.1 Å². The minimum Gasteiger partial charge on any atom is -0.489 e. The van der Waals surface area contributed by atoms with E-state index in [1.165, 1.54) is 5.56 Å². The lowest BCUT2D eigenvalue weighted by Gasteiger charge is -2.30. The average Bonchev–Trinajstić information content (AvgIpc) is 3.11. The van der Waals surface area contributed by atoms with E-state index in [4.69, 9.17) is 4.74 Å². The molecule has 0 fully saturated rings. The molecule has 0 saturated heterocycles. The maximum absolute atomic E-state index is 13.0. The number of nitrogens with zero attached hydrogens (tertiary/aromatic N) is 3. The van der Waals surface area contributed by atoms with Gasteiger partial charge in [-0.3, -0.25) is 9.48 Å². The van der Waals surface area contributed by atoms with E-state index in [-0.39, 0.29) is 5.91 Å². The van der Waals surface area contributed by atoms with E-state index in [1.807, 2.05) is 38.5 Å². The molecule has 1 aromatic heterocycles. The lowest BCUT2D eigenvalue weighted by atomic mass is 9.96. The molecule has 1 N–H and O–H groups in total. The number of ether oxygens (including phenoxy) is 1. The molecule has 0 atom stereocenters. The summed E-state index contributed by atoms with van der Waals surface area (Å²) in [6.45, 7) is 3.86. The Morgan fingerprint density at radius 2 is 2.07 bits per heavy atom. The number of nitrogens with one attached hydrogen (secondary N) is 1. The van der Waals surface area contributed by atoms with Crippen LogP contribution in [0.4, 0.5) is 5.69 Å². The third-order valence-electron chi connectivity index (χ3n) is 5.07. The number of amides is 1. The smallest absolute Gasteiger partial charge is 0.255 e. The zero-order valence-electron chi connectivity index (χ0n) is 16.4. The summed E-state index contributed by atoms with van der Waals surface area (Å²) in [4.78, 5) is 15.2. The average molecular weight is 376 g/mol. The van der Waals surface area contributed by atoms with Gasteiger partial charge in [0.1, 0.15) is 6.61 Å². The molecular formula is C22H24N4O2. The predicted octanol–water partition coefficient (Wildman–Crippen LogP) is 3.15. The summed E-state index contributed by atoms with van der Waals surface area (Å²) in [6, 6.07) is 12.2. The molecule has 4 rings (SSSR count). The molecule has 0 spiro atoms. The van der Waals surface area contributed by atoms with Gasteiger partial charge in [0.05, 0.1) is 24.0 Å². The highest BCUT2D eigenvalue weighted by Gasteiger charge is 2.24. The van der Waals surface area contributed by atoms with Crippen molar-refractivity contribution < 1.29 is 9.53 Å². The predicted molar refractivity (Wildman–Crippen MR) is 110 cm³/mol. The number of aryl methyl sites for hydroxylation is 2. The molecule has 0 unspecified atom stereocenters. The number of rotatable bonds is 4. The number of aromatic nitrogens is 2. The van der Waals surface area contributed by atoms with Crippen LogP contribution >= 0.6 is 0 Å². The first-order valence-electron chi connectivity index (χ1n) is 9.36. The fourth-order valence-corrected chi connectivity index (χ4v) is 3.52. The van der Waals surface area contributed by atoms with Gasteiger partial charge in [-0.1, -0.05) is 24.3 Å². The van der Waals surface area contributed by atoms with Gasteiger partial charge in [-0.25, -0.2) is 0 Å². The Morgan fingerprint density at radius 3 is 2.82 bits per heavy atom. The van der Waals surface area contributed by atoms with Crippen molar-refractivity contribution in [1.29, 1.82) is 0 Å². The maximum atomic E-state index is 13.0. The Labute approximate surface area is 164 Å². The van der Waals surface area contributed by atoms with Crippen molar-refractivity contribution in [3.8, 4) is 16.9 Å². The summed E-state index contributed by atoms with van der Waals surface area (Å²) in [5.41, 5.74) is 5.76. The largest absolute Gasteiger partial charge is 0.489 e. The van der Waals surface area contributed by atoms with Gasteiger partial charge in [-0.2, -0.15) is 5.10 Å². The van der Waals surface area contributed by atoms with Crippen LogP contribution in [-0.4, -0.2) is 35.9 Å². The third-order valence-corrected chi connectivity index (χ3v) is 5.07. The fourth-order valence-electron chi connectivity index (χ4n) is 3.52. The first-order chi connectivity index (χ1) is 13.5. The normalized spacial score (nSPS) is 13.0. The number of carbonyl (C=O) groups is 1. The second-order valence-electron chi connectivity index (χ2n) is 7.16. The monoisotopic (exact) mass is 376 g/mol. The van der Waals surface area contributed by atoms with Crippen LogP contribution < -0.4 is 15.0 Å². The number of hydrogen-bond donors (Lipinski definition) is 1. The van der Waals surface area contributed by atoms with Crippen molar-refractivity contribution in [3.05, 3.63) is 65.5 Å². The molecule has 3 aromatic rings. The van der Waals surface area contributed by atoms with Gasteiger partial charge in [-0.05, 0) is 35.7 Å². The topological polar surface area (TPSA) is 59.4 Å². The summed E-state index contributed by atoms with van der Waals surface area (Å²) >= 11 is 0. The standard InChI is InChI=1S/C22H24N4O2/c1-15-6-4-5-7-18(15)17-10-19(21-20(11-17)25(2)8-9-28-21)22(27)23-12-16-13-24-26(3)14-16/h4-7,10-11,13-14H,8-9,12H2,1-3H3,(H,23,27). The number of carbonyl (C=O) groups excluding carboxylic acids is 1. The van der Waals surface area contributed by atoms with E-state index >= 15 is 0 Å². The van der Waals surface area contributed by atoms with E-state index in [0.717, 1.165) is 28.9 Å². The molecule has 6 heteroatoms. The Balaban J connectivity index is 1.72. The van der Waals surface area contributed by atoms with Crippen LogP contribution in [0.2, 0.25) is 0 Å². The zero-order chi connectivity index (χ0) is 19.7. The van der Waals surface area contributed by atoms with Crippen LogP contribution in [0.5, 0.6) is 5.75 Å². The second-order valence-corrected chi connectivity index (χ2v) is 7.16. The summed E-state index contributed by atoms with van der Waals surface area (Å²) in [5.74, 6) is 0.501. The first kappa shape index (κ1) is 18.1. The number of anilines is 1. The molecule has 28 heavy (non-hydrogen) atoms. The molecule has 2 aromatic carbocycles. The van der Waals surface area contributed by atoms with E-state index in [1.54, 1.807) is 10.9 Å². The van der Waals surface area contributed by atoms with E-state index in [0.29, 0.717) is 24.5 Å². The minimum atomic E-state index is -0.147. The molecule has 0 radical (unpaired) electrons. The quantitative estimate of drug-likeness (QED) is 0.760. The van der Waals surface area contributed by atoms with Crippen LogP contribution in [-0.2, 0) is 13.6 Å². The van der Waals surface area contributed by atoms with Gasteiger partial charge in [0, 0.05) is 32.4 Å². The van der Waals surface area contributed by atoms with Crippen molar-refractivity contribution in [3.63, 3.8) is 0 Å². The molecule has 1 aliphatic rings. The molecule has 1 amide bonds. The number of fused-ring (bicyclic) bond motifs is 1. The number of benzene rings is 2. The van der Waals surface area contributed by atoms with E-state index < -0.39 is 0 Å². The fraction of sp³-hybridized carbons (Fsp3) is 0.273. The van der Waals surface area contributed by atoms with Gasteiger partial charge in [0.25, 0.3) is 5.91 Å². The van der Waals surface area contributed by atoms with Crippen molar-refractivity contribution in [2.45, 2.75) is 13.5 Å². The van der Waals surface area contributed by atoms with E-state index in [2.05, 4.69) is 40.4 Å². The summed E-state index contributed by atoms with van der Waals surface area (Å²) in [5, 5.41) is 7.14. The Hall–Kier alpha value is -3.28. The minimum absolute atomic E-state index is 0.147. The molecule has 1 aliphatic heterocycles. The number of likely N-dealkylation sites (N-methyl/N-ethyl adjacent to an activating group) is 1. The molecule has 0 aliphatic carbocycles. The highest BCUT2D eigenvalue weighted by Crippen LogP contribution is 2.39. The Bertz CT molecular complexity index is 1030. The van der Waals surface area contributed by atoms with Crippen LogP contribution in [0.1, 0.15) is 21.5 Å². The molecule has 0 bridgehead atoms. The van der Waals surface area contributed by atoms with Gasteiger partial charge in [0.2, 0.25) is 0 Å². The molecule has 0 saturated carbocycles. The van der Waals surface area contributed by atoms with Crippen molar-refractivity contribution >= 4 is 11.6 Å². The lowest BCUT2D eigenvalue weighted by molar-refractivity contribution is 0.0946. The van der Waals surface area contributed by atoms with Crippen molar-refractivity contribution in [1.82, 2.24) is 15.1 Å². The Kier molecular flexibility index (Phi) is 4.77. The first-order valence-corrected chi connectivity index (χ1v) is 9.36. The van der Waals surface area contributed by atoms with Crippen molar-refractivity contribution in [2.24, 2.45) is 7.05 Å². The Morgan fingerprint density at radius 1 is 1.25 bits per heavy atom. The summed E-state index contributed by atoms with van der Waals surface area (Å²) in [6.07, 6.45) is 3.65. The number of hydrogen-bond acceptors (Lipinski definition) is 4. The summed E-state index contributed by atoms with van der Waals surface area (Å²) < 4.78 is 7.63. The molecule has 144 valence electrons. The summed E-state index contributed by atoms with van der Waals surface area (Å²) in [7, 11) is 3.89. The maximum Gasteiger partial charge on any atom is 0.255 e. The van der Waals surface area contributed by atoms with Crippen LogP contribution in [0, 0.1) is 6.92 Å². The highest BCUT2D eigenvalue weighted by molar-refractivity contribution is 6.01. The van der Waals surface area contributed by atoms with Crippen LogP contribution in [0.3, 0.4) is 0 Å². The van der Waals surface area contributed by atoms with Crippen LogP contribution in [0.25, 0.3) is 11.1 Å². The third kappa shape index (κ3) is 3.45. The zero-order valence-corrected chi connectivity index (χ0v) is 16.4. The van der Waals surface area contributed by atoms with Gasteiger partial charge in [0.15, 0.2) is 5.75 Å². The van der Waals surface area contributed by atoms with E-state index in [9.17, 15) is 4.79 Å². The molecule has 2 heterocycles. The van der Waals surface area contributed by atoms with Crippen LogP contribution in [0.15, 0.2) is 48.8 Å². The van der Waals surface area contributed by atoms with Gasteiger partial charge in [-0.15, -0.1) is 0 Å². The SMILES string of the molecule is Cc1ccccc1-c1cc(C(=O)NCc2cnn(C)c2)c2c(c1)N(C)CCO2. The van der Waals surface area contributed by atoms with Gasteiger partial charge < -0.3 is 15.0 Å². The van der Waals surface area contributed by atoms with Gasteiger partial charge >= 0.3 is 0 Å². The molecule has 6 nitrogen and oxygen atoms in total. The second kappa shape index (κ2) is 7.38.